The zero-order valence-electron chi connectivity index (χ0n) is 13.5. The van der Waals surface area contributed by atoms with Crippen molar-refractivity contribution >= 4 is 5.91 Å². The summed E-state index contributed by atoms with van der Waals surface area (Å²) in [5, 5.41) is 6.40. The number of unbranched alkanes of at least 4 members (excludes halogenated alkanes) is 1. The molecule has 0 atom stereocenters. The maximum atomic E-state index is 11.7. The molecule has 0 saturated carbocycles. The maximum Gasteiger partial charge on any atom is 0.438 e. The van der Waals surface area contributed by atoms with Gasteiger partial charge in [-0.15, -0.1) is 0 Å². The van der Waals surface area contributed by atoms with Gasteiger partial charge in [0.05, 0.1) is 20.1 Å². The van der Waals surface area contributed by atoms with Gasteiger partial charge in [-0.05, 0) is 37.1 Å². The Morgan fingerprint density at radius 1 is 1.25 bits per heavy atom. The van der Waals surface area contributed by atoms with Crippen LogP contribution >= 0.6 is 0 Å². The zero-order chi connectivity index (χ0) is 17.2. The number of aromatic amines is 1. The van der Waals surface area contributed by atoms with Crippen molar-refractivity contribution < 1.29 is 18.8 Å². The van der Waals surface area contributed by atoms with E-state index in [1.54, 1.807) is 31.4 Å². The molecule has 0 unspecified atom stereocenters. The van der Waals surface area contributed by atoms with Gasteiger partial charge in [-0.3, -0.25) is 14.3 Å². The lowest BCUT2D eigenvalue weighted by Gasteiger charge is -2.07. The van der Waals surface area contributed by atoms with Crippen LogP contribution in [0.5, 0.6) is 11.5 Å². The number of aryl methyl sites for hydroxylation is 1. The van der Waals surface area contributed by atoms with Gasteiger partial charge in [-0.2, -0.15) is 0 Å². The molecule has 2 rings (SSSR count). The Kier molecular flexibility index (Phi) is 6.88. The van der Waals surface area contributed by atoms with Crippen LogP contribution in [-0.2, 0) is 11.2 Å². The van der Waals surface area contributed by atoms with Crippen LogP contribution in [0, 0.1) is 0 Å². The molecule has 1 aromatic heterocycles. The average Bonchev–Trinajstić information content (AvgIpc) is 3.00. The summed E-state index contributed by atoms with van der Waals surface area (Å²) >= 11 is 0. The third kappa shape index (κ3) is 6.15. The summed E-state index contributed by atoms with van der Waals surface area (Å²) in [7, 11) is 1.60. The van der Waals surface area contributed by atoms with Crippen LogP contribution in [0.25, 0.3) is 0 Å². The van der Waals surface area contributed by atoms with Crippen molar-refractivity contribution in [3.8, 4) is 11.5 Å². The molecule has 8 nitrogen and oxygen atoms in total. The molecule has 1 aromatic carbocycles. The van der Waals surface area contributed by atoms with Gasteiger partial charge in [0.1, 0.15) is 11.5 Å². The predicted molar refractivity (Wildman–Crippen MR) is 86.2 cm³/mol. The van der Waals surface area contributed by atoms with Crippen molar-refractivity contribution in [3.63, 3.8) is 0 Å². The first-order chi connectivity index (χ1) is 11.7. The van der Waals surface area contributed by atoms with Gasteiger partial charge in [0.15, 0.2) is 5.82 Å². The monoisotopic (exact) mass is 335 g/mol. The van der Waals surface area contributed by atoms with Gasteiger partial charge >= 0.3 is 5.76 Å². The Morgan fingerprint density at radius 3 is 2.67 bits per heavy atom. The molecule has 0 radical (unpaired) electrons. The minimum absolute atomic E-state index is 0.0571. The highest BCUT2D eigenvalue weighted by Crippen LogP contribution is 2.16. The van der Waals surface area contributed by atoms with E-state index in [2.05, 4.69) is 20.0 Å². The summed E-state index contributed by atoms with van der Waals surface area (Å²) in [5.41, 5.74) is 0. The number of nitrogens with zero attached hydrogens (tertiary/aromatic N) is 1. The van der Waals surface area contributed by atoms with E-state index in [4.69, 9.17) is 9.47 Å². The molecule has 0 bridgehead atoms. The highest BCUT2D eigenvalue weighted by Gasteiger charge is 2.03. The van der Waals surface area contributed by atoms with E-state index in [1.807, 2.05) is 0 Å². The van der Waals surface area contributed by atoms with Gasteiger partial charge in [-0.25, -0.2) is 4.79 Å². The summed E-state index contributed by atoms with van der Waals surface area (Å²) in [6.07, 6.45) is 2.50. The van der Waals surface area contributed by atoms with Crippen molar-refractivity contribution in [2.75, 3.05) is 20.3 Å². The van der Waals surface area contributed by atoms with Crippen molar-refractivity contribution in [3.05, 3.63) is 40.6 Å². The Hall–Kier alpha value is -2.77. The first-order valence-corrected chi connectivity index (χ1v) is 7.76. The fourth-order valence-corrected chi connectivity index (χ4v) is 2.04. The van der Waals surface area contributed by atoms with Crippen LogP contribution in [0.15, 0.2) is 33.6 Å². The molecule has 0 aliphatic rings. The molecule has 1 amide bonds. The Bertz CT molecular complexity index is 678. The molecule has 130 valence electrons. The van der Waals surface area contributed by atoms with E-state index >= 15 is 0 Å². The average molecular weight is 335 g/mol. The predicted octanol–water partition coefficient (Wildman–Crippen LogP) is 1.28. The third-order valence-electron chi connectivity index (χ3n) is 3.30. The lowest BCUT2D eigenvalue weighted by molar-refractivity contribution is -0.121. The van der Waals surface area contributed by atoms with Crippen LogP contribution in [0.1, 0.15) is 25.1 Å². The molecule has 8 heteroatoms. The highest BCUT2D eigenvalue weighted by atomic mass is 16.5. The van der Waals surface area contributed by atoms with Crippen molar-refractivity contribution in [1.82, 2.24) is 15.5 Å². The van der Waals surface area contributed by atoms with Crippen LogP contribution in [0.4, 0.5) is 0 Å². The van der Waals surface area contributed by atoms with Crippen LogP contribution in [-0.4, -0.2) is 36.3 Å². The van der Waals surface area contributed by atoms with Crippen LogP contribution < -0.4 is 20.5 Å². The molecular formula is C16H21N3O5. The Labute approximate surface area is 139 Å². The van der Waals surface area contributed by atoms with E-state index in [-0.39, 0.29) is 5.91 Å². The Balaban J connectivity index is 1.52. The first-order valence-electron chi connectivity index (χ1n) is 7.76. The molecular weight excluding hydrogens is 314 g/mol. The molecule has 2 N–H and O–H groups in total. The zero-order valence-corrected chi connectivity index (χ0v) is 13.5. The number of benzene rings is 1. The summed E-state index contributed by atoms with van der Waals surface area (Å²) in [6.45, 7) is 0.891. The third-order valence-corrected chi connectivity index (χ3v) is 3.30. The number of amides is 1. The van der Waals surface area contributed by atoms with E-state index in [1.165, 1.54) is 0 Å². The second kappa shape index (κ2) is 9.39. The number of H-pyrrole nitrogens is 1. The van der Waals surface area contributed by atoms with Crippen molar-refractivity contribution in [2.45, 2.75) is 25.7 Å². The normalized spacial score (nSPS) is 10.4. The number of ether oxygens (including phenoxy) is 2. The molecule has 0 saturated heterocycles. The quantitative estimate of drug-likeness (QED) is 0.634. The van der Waals surface area contributed by atoms with E-state index in [0.29, 0.717) is 37.6 Å². The van der Waals surface area contributed by atoms with Gasteiger partial charge in [-0.1, -0.05) is 5.16 Å². The number of hydrogen-bond donors (Lipinski definition) is 2. The first kappa shape index (κ1) is 17.6. The molecule has 24 heavy (non-hydrogen) atoms. The van der Waals surface area contributed by atoms with E-state index in [0.717, 1.165) is 18.6 Å². The lowest BCUT2D eigenvalue weighted by Crippen LogP contribution is -2.26. The number of rotatable bonds is 10. The fraction of sp³-hybridized carbons (Fsp3) is 0.438. The smallest absolute Gasteiger partial charge is 0.438 e. The van der Waals surface area contributed by atoms with Crippen molar-refractivity contribution in [1.29, 1.82) is 0 Å². The van der Waals surface area contributed by atoms with E-state index < -0.39 is 5.76 Å². The van der Waals surface area contributed by atoms with E-state index in [9.17, 15) is 9.59 Å². The fourth-order valence-electron chi connectivity index (χ4n) is 2.04. The number of hydrogen-bond acceptors (Lipinski definition) is 6. The second-order valence-corrected chi connectivity index (χ2v) is 5.12. The molecule has 2 aromatic rings. The topological polar surface area (TPSA) is 106 Å². The number of aromatic nitrogens is 2. The molecule has 1 heterocycles. The Morgan fingerprint density at radius 2 is 2.00 bits per heavy atom. The van der Waals surface area contributed by atoms with Crippen LogP contribution in [0.3, 0.4) is 0 Å². The number of carbonyl (C=O) groups is 1. The van der Waals surface area contributed by atoms with Gasteiger partial charge < -0.3 is 14.8 Å². The highest BCUT2D eigenvalue weighted by molar-refractivity contribution is 5.75. The summed E-state index contributed by atoms with van der Waals surface area (Å²) in [4.78, 5) is 24.9. The van der Waals surface area contributed by atoms with Crippen LogP contribution in [0.2, 0.25) is 0 Å². The largest absolute Gasteiger partial charge is 0.497 e. The lowest BCUT2D eigenvalue weighted by atomic mass is 10.2. The van der Waals surface area contributed by atoms with Gasteiger partial charge in [0, 0.05) is 13.0 Å². The minimum Gasteiger partial charge on any atom is -0.497 e. The summed E-state index contributed by atoms with van der Waals surface area (Å²) in [5.74, 6) is 1.38. The number of methoxy groups -OCH3 is 1. The molecule has 0 fully saturated rings. The summed E-state index contributed by atoms with van der Waals surface area (Å²) in [6, 6.07) is 7.20. The standard InChI is InChI=1S/C16H21N3O5/c1-22-12-5-7-13(8-6-12)23-11-9-15(20)17-10-3-2-4-14-18-16(21)24-19-14/h5-8H,2-4,9-11H2,1H3,(H,17,20)(H,18,19,21). The number of carbonyl (C=O) groups excluding carboxylic acids is 1. The maximum absolute atomic E-state index is 11.7. The second-order valence-electron chi connectivity index (χ2n) is 5.12. The molecule has 0 aliphatic carbocycles. The number of nitrogens with one attached hydrogen (secondary N) is 2. The molecule has 0 spiro atoms. The minimum atomic E-state index is -0.546. The summed E-state index contributed by atoms with van der Waals surface area (Å²) < 4.78 is 15.0. The van der Waals surface area contributed by atoms with Crippen molar-refractivity contribution in [2.24, 2.45) is 0 Å². The van der Waals surface area contributed by atoms with Gasteiger partial charge in [0.25, 0.3) is 0 Å². The SMILES string of the molecule is COc1ccc(OCCC(=O)NCCCCc2noc(=O)[nH]2)cc1. The molecule has 0 aliphatic heterocycles. The van der Waals surface area contributed by atoms with Gasteiger partial charge in [0.2, 0.25) is 5.91 Å².